The Hall–Kier alpha value is -0.570. The first-order chi connectivity index (χ1) is 6.70. The van der Waals surface area contributed by atoms with Crippen LogP contribution in [0.1, 0.15) is 52.4 Å². The maximum atomic E-state index is 11.0. The lowest BCUT2D eigenvalue weighted by Gasteiger charge is -2.10. The fraction of sp³-hybridized carbons (Fsp3) is 0.909. The normalized spacial score (nSPS) is 12.5. The lowest BCUT2D eigenvalue weighted by atomic mass is 10.1. The second-order valence-corrected chi connectivity index (χ2v) is 3.62. The van der Waals surface area contributed by atoms with E-state index in [4.69, 9.17) is 10.5 Å². The van der Waals surface area contributed by atoms with Crippen molar-refractivity contribution in [2.24, 2.45) is 5.73 Å². The van der Waals surface area contributed by atoms with E-state index < -0.39 is 0 Å². The Morgan fingerprint density at radius 3 is 2.57 bits per heavy atom. The molecule has 3 heteroatoms. The average Bonchev–Trinajstić information content (AvgIpc) is 2.13. The lowest BCUT2D eigenvalue weighted by molar-refractivity contribution is -0.143. The molecule has 0 saturated carbocycles. The number of hydrogen-bond donors (Lipinski definition) is 1. The van der Waals surface area contributed by atoms with E-state index >= 15 is 0 Å². The van der Waals surface area contributed by atoms with Gasteiger partial charge in [0, 0.05) is 6.04 Å². The number of carbonyl (C=O) groups excluding carboxylic acids is 1. The van der Waals surface area contributed by atoms with Crippen molar-refractivity contribution in [1.82, 2.24) is 0 Å². The molecule has 0 bridgehead atoms. The number of rotatable bonds is 8. The first-order valence-electron chi connectivity index (χ1n) is 5.61. The highest BCUT2D eigenvalue weighted by Crippen LogP contribution is 2.06. The summed E-state index contributed by atoms with van der Waals surface area (Å²) in [7, 11) is 0. The fourth-order valence-electron chi connectivity index (χ4n) is 1.37. The summed E-state index contributed by atoms with van der Waals surface area (Å²) in [6.07, 6.45) is 6.11. The van der Waals surface area contributed by atoms with Crippen molar-refractivity contribution in [2.75, 3.05) is 6.61 Å². The molecule has 2 N–H and O–H groups in total. The molecule has 0 heterocycles. The number of hydrogen-bond acceptors (Lipinski definition) is 3. The Bertz CT molecular complexity index is 148. The molecule has 3 nitrogen and oxygen atoms in total. The van der Waals surface area contributed by atoms with Gasteiger partial charge in [-0.2, -0.15) is 0 Å². The van der Waals surface area contributed by atoms with Gasteiger partial charge in [0.25, 0.3) is 0 Å². The van der Waals surface area contributed by atoms with Gasteiger partial charge >= 0.3 is 5.97 Å². The first kappa shape index (κ1) is 13.4. The molecule has 0 aromatic carbocycles. The van der Waals surface area contributed by atoms with Crippen LogP contribution in [-0.4, -0.2) is 18.6 Å². The van der Waals surface area contributed by atoms with Crippen LogP contribution in [0.25, 0.3) is 0 Å². The highest BCUT2D eigenvalue weighted by Gasteiger charge is 2.09. The molecule has 0 rings (SSSR count). The zero-order valence-electron chi connectivity index (χ0n) is 9.42. The third-order valence-corrected chi connectivity index (χ3v) is 2.16. The van der Waals surface area contributed by atoms with Crippen molar-refractivity contribution in [2.45, 2.75) is 58.4 Å². The van der Waals surface area contributed by atoms with E-state index in [2.05, 4.69) is 6.92 Å². The molecular formula is C11H23NO2. The smallest absolute Gasteiger partial charge is 0.307 e. The third-order valence-electron chi connectivity index (χ3n) is 2.16. The zero-order chi connectivity index (χ0) is 10.8. The molecule has 84 valence electrons. The third kappa shape index (κ3) is 8.05. The van der Waals surface area contributed by atoms with Gasteiger partial charge in [-0.3, -0.25) is 4.79 Å². The largest absolute Gasteiger partial charge is 0.466 e. The van der Waals surface area contributed by atoms with Crippen LogP contribution in [0.15, 0.2) is 0 Å². The summed E-state index contributed by atoms with van der Waals surface area (Å²) in [4.78, 5) is 11.0. The minimum absolute atomic E-state index is 0.0223. The molecule has 0 aliphatic carbocycles. The van der Waals surface area contributed by atoms with E-state index in [0.29, 0.717) is 13.0 Å². The minimum atomic E-state index is -0.171. The minimum Gasteiger partial charge on any atom is -0.466 e. The van der Waals surface area contributed by atoms with Crippen molar-refractivity contribution in [3.63, 3.8) is 0 Å². The Kier molecular flexibility index (Phi) is 8.64. The number of ether oxygens (including phenoxy) is 1. The van der Waals surface area contributed by atoms with Gasteiger partial charge in [-0.25, -0.2) is 0 Å². The summed E-state index contributed by atoms with van der Waals surface area (Å²) in [5, 5.41) is 0. The number of unbranched alkanes of at least 4 members (excludes halogenated alkanes) is 3. The van der Waals surface area contributed by atoms with Gasteiger partial charge < -0.3 is 10.5 Å². The van der Waals surface area contributed by atoms with Crippen LogP contribution in [0.4, 0.5) is 0 Å². The Labute approximate surface area is 87.0 Å². The van der Waals surface area contributed by atoms with Crippen LogP contribution in [-0.2, 0) is 9.53 Å². The monoisotopic (exact) mass is 201 g/mol. The van der Waals surface area contributed by atoms with Crippen LogP contribution in [0, 0.1) is 0 Å². The van der Waals surface area contributed by atoms with E-state index in [9.17, 15) is 4.79 Å². The molecule has 0 aromatic heterocycles. The van der Waals surface area contributed by atoms with Crippen molar-refractivity contribution >= 4 is 5.97 Å². The van der Waals surface area contributed by atoms with E-state index in [1.54, 1.807) is 0 Å². The van der Waals surface area contributed by atoms with Crippen LogP contribution in [0.2, 0.25) is 0 Å². The topological polar surface area (TPSA) is 52.3 Å². The lowest BCUT2D eigenvalue weighted by Crippen LogP contribution is -2.24. The standard InChI is InChI=1S/C11H23NO2/c1-3-5-6-7-8-10(12)9-11(13)14-4-2/h10H,3-9,12H2,1-2H3/t10-/m0/s1. The quantitative estimate of drug-likeness (QED) is 0.484. The van der Waals surface area contributed by atoms with Gasteiger partial charge in [-0.05, 0) is 13.3 Å². The van der Waals surface area contributed by atoms with E-state index in [0.717, 1.165) is 12.8 Å². The highest BCUT2D eigenvalue weighted by atomic mass is 16.5. The van der Waals surface area contributed by atoms with Crippen LogP contribution in [0.5, 0.6) is 0 Å². The zero-order valence-corrected chi connectivity index (χ0v) is 9.42. The predicted octanol–water partition coefficient (Wildman–Crippen LogP) is 2.24. The number of carbonyl (C=O) groups is 1. The molecule has 0 radical (unpaired) electrons. The van der Waals surface area contributed by atoms with Gasteiger partial charge in [0.1, 0.15) is 0 Å². The molecule has 14 heavy (non-hydrogen) atoms. The summed E-state index contributed by atoms with van der Waals surface area (Å²) in [5.41, 5.74) is 5.79. The Balaban J connectivity index is 3.35. The second-order valence-electron chi connectivity index (χ2n) is 3.62. The van der Waals surface area contributed by atoms with Gasteiger partial charge in [0.05, 0.1) is 13.0 Å². The second kappa shape index (κ2) is 9.00. The first-order valence-corrected chi connectivity index (χ1v) is 5.61. The summed E-state index contributed by atoms with van der Waals surface area (Å²) in [5.74, 6) is -0.171. The summed E-state index contributed by atoms with van der Waals surface area (Å²) in [6, 6.07) is -0.0223. The van der Waals surface area contributed by atoms with E-state index in [-0.39, 0.29) is 12.0 Å². The van der Waals surface area contributed by atoms with Crippen molar-refractivity contribution in [1.29, 1.82) is 0 Å². The summed E-state index contributed by atoms with van der Waals surface area (Å²) in [6.45, 7) is 4.44. The number of esters is 1. The molecule has 0 fully saturated rings. The Morgan fingerprint density at radius 1 is 1.29 bits per heavy atom. The summed E-state index contributed by atoms with van der Waals surface area (Å²) >= 11 is 0. The predicted molar refractivity (Wildman–Crippen MR) is 58.0 cm³/mol. The molecule has 0 spiro atoms. The van der Waals surface area contributed by atoms with Gasteiger partial charge in [0.2, 0.25) is 0 Å². The molecule has 0 saturated heterocycles. The van der Waals surface area contributed by atoms with Crippen LogP contribution >= 0.6 is 0 Å². The van der Waals surface area contributed by atoms with Crippen molar-refractivity contribution in [3.8, 4) is 0 Å². The van der Waals surface area contributed by atoms with Crippen molar-refractivity contribution in [3.05, 3.63) is 0 Å². The maximum Gasteiger partial charge on any atom is 0.307 e. The fourth-order valence-corrected chi connectivity index (χ4v) is 1.37. The molecular weight excluding hydrogens is 178 g/mol. The maximum absolute atomic E-state index is 11.0. The SMILES string of the molecule is CCCCCC[C@H](N)CC(=O)OCC. The van der Waals surface area contributed by atoms with Crippen molar-refractivity contribution < 1.29 is 9.53 Å². The Morgan fingerprint density at radius 2 is 2.00 bits per heavy atom. The van der Waals surface area contributed by atoms with Gasteiger partial charge in [-0.15, -0.1) is 0 Å². The van der Waals surface area contributed by atoms with E-state index in [1.165, 1.54) is 19.3 Å². The van der Waals surface area contributed by atoms with Gasteiger partial charge in [-0.1, -0.05) is 32.6 Å². The molecule has 0 aliphatic heterocycles. The van der Waals surface area contributed by atoms with Crippen LogP contribution in [0.3, 0.4) is 0 Å². The van der Waals surface area contributed by atoms with Gasteiger partial charge in [0.15, 0.2) is 0 Å². The van der Waals surface area contributed by atoms with E-state index in [1.807, 2.05) is 6.92 Å². The summed E-state index contributed by atoms with van der Waals surface area (Å²) < 4.78 is 4.82. The highest BCUT2D eigenvalue weighted by molar-refractivity contribution is 5.70. The molecule has 0 aromatic rings. The number of nitrogens with two attached hydrogens (primary N) is 1. The molecule has 1 atom stereocenters. The van der Waals surface area contributed by atoms with Crippen LogP contribution < -0.4 is 5.73 Å². The molecule has 0 amide bonds. The molecule has 0 unspecified atom stereocenters. The molecule has 0 aliphatic rings. The average molecular weight is 201 g/mol.